The number of ether oxygens (including phenoxy) is 3. The maximum Gasteiger partial charge on any atom is 0.306 e. The summed E-state index contributed by atoms with van der Waals surface area (Å²) in [6.07, 6.45) is 64.0. The maximum atomic E-state index is 12.7. The molecule has 6 nitrogen and oxygen atoms in total. The highest BCUT2D eigenvalue weighted by Gasteiger charge is 2.19. The van der Waals surface area contributed by atoms with E-state index in [1.54, 1.807) is 0 Å². The number of hydrogen-bond donors (Lipinski definition) is 0. The van der Waals surface area contributed by atoms with Gasteiger partial charge in [0.25, 0.3) is 0 Å². The van der Waals surface area contributed by atoms with Crippen molar-refractivity contribution in [2.45, 2.75) is 219 Å². The van der Waals surface area contributed by atoms with Gasteiger partial charge in [-0.3, -0.25) is 14.4 Å². The van der Waals surface area contributed by atoms with Gasteiger partial charge in [-0.05, 0) is 96.3 Å². The van der Waals surface area contributed by atoms with Crippen LogP contribution in [0.25, 0.3) is 0 Å². The molecule has 0 saturated carbocycles. The first-order chi connectivity index (χ1) is 30.0. The topological polar surface area (TPSA) is 78.9 Å². The summed E-state index contributed by atoms with van der Waals surface area (Å²) in [5.41, 5.74) is 0. The molecule has 6 heteroatoms. The van der Waals surface area contributed by atoms with Gasteiger partial charge in [0, 0.05) is 19.3 Å². The minimum Gasteiger partial charge on any atom is -0.462 e. The zero-order chi connectivity index (χ0) is 44.4. The van der Waals surface area contributed by atoms with Crippen LogP contribution in [0.5, 0.6) is 0 Å². The summed E-state index contributed by atoms with van der Waals surface area (Å²) in [7, 11) is 0. The normalized spacial score (nSPS) is 12.9. The monoisotopic (exact) mass is 847 g/mol. The molecule has 0 spiro atoms. The van der Waals surface area contributed by atoms with Crippen molar-refractivity contribution in [2.24, 2.45) is 0 Å². The van der Waals surface area contributed by atoms with Crippen LogP contribution in [0.1, 0.15) is 213 Å². The third-order valence-electron chi connectivity index (χ3n) is 10.1. The Balaban J connectivity index is 4.47. The fraction of sp³-hybridized carbons (Fsp3) is 0.655. The van der Waals surface area contributed by atoms with Gasteiger partial charge >= 0.3 is 17.9 Å². The number of carbonyl (C=O) groups excluding carboxylic acids is 3. The minimum atomic E-state index is -0.816. The van der Waals surface area contributed by atoms with Gasteiger partial charge in [-0.25, -0.2) is 0 Å². The van der Waals surface area contributed by atoms with Crippen LogP contribution >= 0.6 is 0 Å². The van der Waals surface area contributed by atoms with Crippen LogP contribution in [0.3, 0.4) is 0 Å². The second-order valence-electron chi connectivity index (χ2n) is 16.0. The van der Waals surface area contributed by atoms with E-state index < -0.39 is 6.10 Å². The van der Waals surface area contributed by atoms with Gasteiger partial charge < -0.3 is 14.2 Å². The van der Waals surface area contributed by atoms with E-state index >= 15 is 0 Å². The van der Waals surface area contributed by atoms with Gasteiger partial charge in [-0.2, -0.15) is 0 Å². The Morgan fingerprint density at radius 1 is 0.361 bits per heavy atom. The molecule has 0 heterocycles. The molecule has 346 valence electrons. The van der Waals surface area contributed by atoms with Crippen LogP contribution < -0.4 is 0 Å². The zero-order valence-corrected chi connectivity index (χ0v) is 39.4. The highest BCUT2D eigenvalue weighted by Crippen LogP contribution is 2.13. The average Bonchev–Trinajstić information content (AvgIpc) is 3.26. The van der Waals surface area contributed by atoms with Crippen molar-refractivity contribution in [3.8, 4) is 0 Å². The van der Waals surface area contributed by atoms with Crippen molar-refractivity contribution in [1.82, 2.24) is 0 Å². The Bertz CT molecular complexity index is 1250. The molecule has 0 aromatic heterocycles. The SMILES string of the molecule is CC\C=C/C=C\C=C/C=C\CCCCCC(=O)OC(COC(=O)CCCC/C=C\C/C=C\C/C=C\CC)COC(=O)CCCCCCC/C=C\CCCCCCCCCCC. The van der Waals surface area contributed by atoms with Gasteiger partial charge in [-0.1, -0.05) is 195 Å². The molecular weight excluding hydrogens is 757 g/mol. The van der Waals surface area contributed by atoms with E-state index in [-0.39, 0.29) is 37.5 Å². The number of esters is 3. The van der Waals surface area contributed by atoms with Gasteiger partial charge in [0.1, 0.15) is 13.2 Å². The summed E-state index contributed by atoms with van der Waals surface area (Å²) in [6.45, 7) is 6.29. The second kappa shape index (κ2) is 49.0. The van der Waals surface area contributed by atoms with Crippen LogP contribution in [-0.4, -0.2) is 37.2 Å². The lowest BCUT2D eigenvalue weighted by Gasteiger charge is -2.18. The molecule has 0 aliphatic carbocycles. The number of hydrogen-bond acceptors (Lipinski definition) is 6. The lowest BCUT2D eigenvalue weighted by molar-refractivity contribution is -0.167. The van der Waals surface area contributed by atoms with Crippen LogP contribution in [-0.2, 0) is 28.6 Å². The van der Waals surface area contributed by atoms with E-state index in [0.717, 1.165) is 96.3 Å². The molecule has 0 rings (SSSR count). The molecule has 0 aliphatic heterocycles. The molecular formula is C55H90O6. The summed E-state index contributed by atoms with van der Waals surface area (Å²) in [5.74, 6) is -1.01. The Morgan fingerprint density at radius 2 is 0.721 bits per heavy atom. The first-order valence-electron chi connectivity index (χ1n) is 24.8. The van der Waals surface area contributed by atoms with E-state index in [2.05, 4.69) is 81.5 Å². The van der Waals surface area contributed by atoms with Crippen molar-refractivity contribution >= 4 is 17.9 Å². The molecule has 0 N–H and O–H groups in total. The Morgan fingerprint density at radius 3 is 1.26 bits per heavy atom. The molecule has 0 saturated heterocycles. The average molecular weight is 847 g/mol. The molecule has 0 aromatic carbocycles. The summed E-state index contributed by atoms with van der Waals surface area (Å²) >= 11 is 0. The lowest BCUT2D eigenvalue weighted by Crippen LogP contribution is -2.30. The highest BCUT2D eigenvalue weighted by atomic mass is 16.6. The van der Waals surface area contributed by atoms with Gasteiger partial charge in [0.15, 0.2) is 6.10 Å². The molecule has 0 aliphatic rings. The van der Waals surface area contributed by atoms with E-state index in [1.165, 1.54) is 70.6 Å². The smallest absolute Gasteiger partial charge is 0.306 e. The van der Waals surface area contributed by atoms with E-state index in [4.69, 9.17) is 14.2 Å². The number of unbranched alkanes of at least 4 members (excludes halogenated alkanes) is 19. The third-order valence-corrected chi connectivity index (χ3v) is 10.1. The van der Waals surface area contributed by atoms with E-state index in [0.29, 0.717) is 19.3 Å². The van der Waals surface area contributed by atoms with Gasteiger partial charge in [0.2, 0.25) is 0 Å². The molecule has 0 bridgehead atoms. The van der Waals surface area contributed by atoms with Crippen LogP contribution in [0.15, 0.2) is 97.2 Å². The predicted octanol–water partition coefficient (Wildman–Crippen LogP) is 16.2. The fourth-order valence-electron chi connectivity index (χ4n) is 6.46. The summed E-state index contributed by atoms with van der Waals surface area (Å²) < 4.78 is 16.7. The standard InChI is InChI=1S/C55H90O6/c1-4-7-10-13-16-19-22-25-26-27-28-29-31-33-36-39-42-45-48-54(57)60-51-52(50-59-53(56)47-44-41-38-35-32-24-21-18-15-12-9-6-3)61-55(58)49-46-43-40-37-34-30-23-20-17-14-11-8-5-2/h8-9,11-12,14,17-18,20-21,23,28-30,32,34-35,52H,4-7,10,13,15-16,19,22,24-27,31,33,36-51H2,1-3H3/b11-8-,12-9-,17-14-,21-18-,23-20-,29-28-,34-30-,35-32-. The highest BCUT2D eigenvalue weighted by molar-refractivity contribution is 5.71. The molecule has 61 heavy (non-hydrogen) atoms. The van der Waals surface area contributed by atoms with Crippen molar-refractivity contribution < 1.29 is 28.6 Å². The third kappa shape index (κ3) is 47.2. The molecule has 1 unspecified atom stereocenters. The number of allylic oxidation sites excluding steroid dienone is 16. The molecule has 0 fully saturated rings. The van der Waals surface area contributed by atoms with Crippen LogP contribution in [0.2, 0.25) is 0 Å². The minimum absolute atomic E-state index is 0.111. The van der Waals surface area contributed by atoms with Crippen molar-refractivity contribution in [1.29, 1.82) is 0 Å². The van der Waals surface area contributed by atoms with Crippen molar-refractivity contribution in [2.75, 3.05) is 13.2 Å². The largest absolute Gasteiger partial charge is 0.462 e. The second-order valence-corrected chi connectivity index (χ2v) is 16.0. The van der Waals surface area contributed by atoms with Gasteiger partial charge in [-0.15, -0.1) is 0 Å². The number of carbonyl (C=O) groups is 3. The number of rotatable bonds is 43. The zero-order valence-electron chi connectivity index (χ0n) is 39.4. The Hall–Kier alpha value is -3.67. The van der Waals surface area contributed by atoms with Crippen molar-refractivity contribution in [3.05, 3.63) is 97.2 Å². The summed E-state index contributed by atoms with van der Waals surface area (Å²) in [6, 6.07) is 0. The first kappa shape index (κ1) is 57.3. The summed E-state index contributed by atoms with van der Waals surface area (Å²) in [5, 5.41) is 0. The first-order valence-corrected chi connectivity index (χ1v) is 24.8. The van der Waals surface area contributed by atoms with Crippen molar-refractivity contribution in [3.63, 3.8) is 0 Å². The van der Waals surface area contributed by atoms with Gasteiger partial charge in [0.05, 0.1) is 0 Å². The molecule has 0 radical (unpaired) electrons. The Kier molecular flexibility index (Phi) is 46.0. The Labute approximate surface area is 375 Å². The predicted molar refractivity (Wildman–Crippen MR) is 260 cm³/mol. The quantitative estimate of drug-likeness (QED) is 0.0200. The van der Waals surface area contributed by atoms with Crippen LogP contribution in [0, 0.1) is 0 Å². The molecule has 1 atom stereocenters. The van der Waals surface area contributed by atoms with E-state index in [1.807, 2.05) is 36.5 Å². The fourth-order valence-corrected chi connectivity index (χ4v) is 6.46. The van der Waals surface area contributed by atoms with E-state index in [9.17, 15) is 14.4 Å². The maximum absolute atomic E-state index is 12.7. The lowest BCUT2D eigenvalue weighted by atomic mass is 10.1. The molecule has 0 amide bonds. The van der Waals surface area contributed by atoms with Crippen LogP contribution in [0.4, 0.5) is 0 Å². The molecule has 0 aromatic rings. The summed E-state index contributed by atoms with van der Waals surface area (Å²) in [4.78, 5) is 37.9.